The van der Waals surface area contributed by atoms with Crippen LogP contribution in [0.1, 0.15) is 36.5 Å². The number of methoxy groups -OCH3 is 1. The van der Waals surface area contributed by atoms with E-state index in [2.05, 4.69) is 21.2 Å². The number of amides is 1. The van der Waals surface area contributed by atoms with Gasteiger partial charge in [0.1, 0.15) is 11.8 Å². The molecule has 1 amide bonds. The number of nitrogens with one attached hydrogen (secondary N) is 1. The highest BCUT2D eigenvalue weighted by Crippen LogP contribution is 2.25. The second-order valence-corrected chi connectivity index (χ2v) is 5.21. The van der Waals surface area contributed by atoms with E-state index in [9.17, 15) is 9.59 Å². The van der Waals surface area contributed by atoms with Crippen molar-refractivity contribution in [2.45, 2.75) is 32.2 Å². The smallest absolute Gasteiger partial charge is 0.326 e. The van der Waals surface area contributed by atoms with Crippen LogP contribution in [0, 0.1) is 0 Å². The van der Waals surface area contributed by atoms with Gasteiger partial charge in [0.05, 0.1) is 11.6 Å². The maximum absolute atomic E-state index is 12.0. The fraction of sp³-hybridized carbons (Fsp3) is 0.429. The Balaban J connectivity index is 2.78. The number of halogens is 1. The summed E-state index contributed by atoms with van der Waals surface area (Å²) in [5, 5.41) is 11.6. The summed E-state index contributed by atoms with van der Waals surface area (Å²) < 4.78 is 5.73. The number of carbonyl (C=O) groups is 2. The zero-order valence-corrected chi connectivity index (χ0v) is 13.1. The van der Waals surface area contributed by atoms with Gasteiger partial charge < -0.3 is 15.2 Å². The zero-order chi connectivity index (χ0) is 15.1. The first-order chi connectivity index (χ1) is 9.49. The van der Waals surface area contributed by atoms with Crippen molar-refractivity contribution >= 4 is 27.8 Å². The molecule has 1 aromatic rings. The van der Waals surface area contributed by atoms with Gasteiger partial charge >= 0.3 is 5.97 Å². The minimum atomic E-state index is -1.01. The Hall–Kier alpha value is -1.56. The Bertz CT molecular complexity index is 490. The first-order valence-corrected chi connectivity index (χ1v) is 7.16. The fourth-order valence-electron chi connectivity index (χ4n) is 1.71. The maximum Gasteiger partial charge on any atom is 0.326 e. The lowest BCUT2D eigenvalue weighted by Crippen LogP contribution is -2.40. The average molecular weight is 344 g/mol. The number of ether oxygens (including phenoxy) is 1. The summed E-state index contributed by atoms with van der Waals surface area (Å²) in [5.74, 6) is -0.807. The molecular formula is C14H18BrNO4. The molecule has 1 aromatic carbocycles. The van der Waals surface area contributed by atoms with Gasteiger partial charge in [-0.15, -0.1) is 0 Å². The SMILES string of the molecule is CCCC[C@H](NC(=O)c1ccc(OC)c(Br)c1)C(=O)O. The highest BCUT2D eigenvalue weighted by Gasteiger charge is 2.20. The molecule has 0 unspecified atom stereocenters. The Morgan fingerprint density at radius 3 is 2.65 bits per heavy atom. The van der Waals surface area contributed by atoms with Crippen molar-refractivity contribution in [3.05, 3.63) is 28.2 Å². The number of hydrogen-bond acceptors (Lipinski definition) is 3. The summed E-state index contributed by atoms with van der Waals surface area (Å²) in [5.41, 5.74) is 0.389. The highest BCUT2D eigenvalue weighted by atomic mass is 79.9. The van der Waals surface area contributed by atoms with Crippen LogP contribution in [-0.4, -0.2) is 30.1 Å². The van der Waals surface area contributed by atoms with Crippen LogP contribution in [0.4, 0.5) is 0 Å². The van der Waals surface area contributed by atoms with Gasteiger partial charge in [-0.25, -0.2) is 4.79 Å². The van der Waals surface area contributed by atoms with Crippen LogP contribution < -0.4 is 10.1 Å². The van der Waals surface area contributed by atoms with Crippen LogP contribution in [0.25, 0.3) is 0 Å². The van der Waals surface area contributed by atoms with Gasteiger partial charge in [0.2, 0.25) is 0 Å². The molecule has 110 valence electrons. The molecule has 0 spiro atoms. The van der Waals surface area contributed by atoms with Crippen LogP contribution in [0.5, 0.6) is 5.75 Å². The first kappa shape index (κ1) is 16.5. The number of hydrogen-bond donors (Lipinski definition) is 2. The van der Waals surface area contributed by atoms with Gasteiger partial charge in [-0.1, -0.05) is 19.8 Å². The van der Waals surface area contributed by atoms with Gasteiger partial charge in [0.15, 0.2) is 0 Å². The van der Waals surface area contributed by atoms with Crippen molar-refractivity contribution in [1.82, 2.24) is 5.32 Å². The molecule has 2 N–H and O–H groups in total. The average Bonchev–Trinajstić information content (AvgIpc) is 2.42. The lowest BCUT2D eigenvalue weighted by molar-refractivity contribution is -0.139. The van der Waals surface area contributed by atoms with Crippen LogP contribution in [0.15, 0.2) is 22.7 Å². The second-order valence-electron chi connectivity index (χ2n) is 4.36. The molecule has 0 aromatic heterocycles. The van der Waals surface area contributed by atoms with Crippen LogP contribution in [0.3, 0.4) is 0 Å². The van der Waals surface area contributed by atoms with Crippen LogP contribution in [-0.2, 0) is 4.79 Å². The predicted molar refractivity (Wildman–Crippen MR) is 79.1 cm³/mol. The van der Waals surface area contributed by atoms with E-state index in [4.69, 9.17) is 9.84 Å². The van der Waals surface area contributed by atoms with Crippen molar-refractivity contribution < 1.29 is 19.4 Å². The molecule has 0 aliphatic carbocycles. The molecule has 1 atom stereocenters. The van der Waals surface area contributed by atoms with Crippen molar-refractivity contribution in [1.29, 1.82) is 0 Å². The molecule has 0 bridgehead atoms. The summed E-state index contributed by atoms with van der Waals surface area (Å²) in [6, 6.07) is 3.99. The Morgan fingerprint density at radius 2 is 2.15 bits per heavy atom. The molecule has 20 heavy (non-hydrogen) atoms. The van der Waals surface area contributed by atoms with Gasteiger partial charge in [0.25, 0.3) is 5.91 Å². The number of benzene rings is 1. The summed E-state index contributed by atoms with van der Waals surface area (Å²) in [6.45, 7) is 1.97. The minimum Gasteiger partial charge on any atom is -0.496 e. The zero-order valence-electron chi connectivity index (χ0n) is 11.5. The first-order valence-electron chi connectivity index (χ1n) is 6.36. The summed E-state index contributed by atoms with van der Waals surface area (Å²) in [7, 11) is 1.53. The quantitative estimate of drug-likeness (QED) is 0.798. The third-order valence-corrected chi connectivity index (χ3v) is 3.48. The number of carboxylic acids is 1. The van der Waals surface area contributed by atoms with Crippen molar-refractivity contribution in [2.24, 2.45) is 0 Å². The van der Waals surface area contributed by atoms with Crippen molar-refractivity contribution in [3.8, 4) is 5.75 Å². The Kier molecular flexibility index (Phi) is 6.51. The summed E-state index contributed by atoms with van der Waals surface area (Å²) >= 11 is 3.29. The number of carbonyl (C=O) groups excluding carboxylic acids is 1. The fourth-order valence-corrected chi connectivity index (χ4v) is 2.26. The lowest BCUT2D eigenvalue weighted by Gasteiger charge is -2.14. The number of carboxylic acid groups (broad SMARTS) is 1. The van der Waals surface area contributed by atoms with E-state index in [-0.39, 0.29) is 0 Å². The van der Waals surface area contributed by atoms with Gasteiger partial charge in [-0.2, -0.15) is 0 Å². The molecule has 0 saturated heterocycles. The summed E-state index contributed by atoms with van der Waals surface area (Å²) in [4.78, 5) is 23.1. The molecule has 6 heteroatoms. The second kappa shape index (κ2) is 7.89. The molecule has 0 radical (unpaired) electrons. The van der Waals surface area contributed by atoms with E-state index in [1.165, 1.54) is 7.11 Å². The number of aliphatic carboxylic acids is 1. The van der Waals surface area contributed by atoms with E-state index >= 15 is 0 Å². The van der Waals surface area contributed by atoms with E-state index in [0.29, 0.717) is 22.2 Å². The van der Waals surface area contributed by atoms with E-state index in [0.717, 1.165) is 12.8 Å². The van der Waals surface area contributed by atoms with E-state index < -0.39 is 17.9 Å². The van der Waals surface area contributed by atoms with Gasteiger partial charge in [-0.05, 0) is 40.5 Å². The molecule has 0 saturated carbocycles. The van der Waals surface area contributed by atoms with Gasteiger partial charge in [-0.3, -0.25) is 4.79 Å². The predicted octanol–water partition coefficient (Wildman–Crippen LogP) is 2.83. The van der Waals surface area contributed by atoms with Crippen LogP contribution >= 0.6 is 15.9 Å². The largest absolute Gasteiger partial charge is 0.496 e. The highest BCUT2D eigenvalue weighted by molar-refractivity contribution is 9.10. The number of unbranched alkanes of at least 4 members (excludes halogenated alkanes) is 1. The van der Waals surface area contributed by atoms with E-state index in [1.807, 2.05) is 6.92 Å². The molecular weight excluding hydrogens is 326 g/mol. The van der Waals surface area contributed by atoms with Crippen LogP contribution in [0.2, 0.25) is 0 Å². The molecule has 0 heterocycles. The van der Waals surface area contributed by atoms with Gasteiger partial charge in [0, 0.05) is 5.56 Å². The minimum absolute atomic E-state index is 0.389. The topological polar surface area (TPSA) is 75.6 Å². The molecule has 5 nitrogen and oxygen atoms in total. The van der Waals surface area contributed by atoms with Crippen molar-refractivity contribution in [2.75, 3.05) is 7.11 Å². The molecule has 0 aliphatic heterocycles. The maximum atomic E-state index is 12.0. The third kappa shape index (κ3) is 4.52. The standard InChI is InChI=1S/C14H18BrNO4/c1-3-4-5-11(14(18)19)16-13(17)9-6-7-12(20-2)10(15)8-9/h6-8,11H,3-5H2,1-2H3,(H,16,17)(H,18,19)/t11-/m0/s1. The monoisotopic (exact) mass is 343 g/mol. The normalized spacial score (nSPS) is 11.8. The molecule has 0 fully saturated rings. The third-order valence-electron chi connectivity index (χ3n) is 2.86. The van der Waals surface area contributed by atoms with Crippen molar-refractivity contribution in [3.63, 3.8) is 0 Å². The van der Waals surface area contributed by atoms with E-state index in [1.54, 1.807) is 18.2 Å². The lowest BCUT2D eigenvalue weighted by atomic mass is 10.1. The molecule has 0 aliphatic rings. The number of rotatable bonds is 7. The Morgan fingerprint density at radius 1 is 1.45 bits per heavy atom. The molecule has 1 rings (SSSR count). The summed E-state index contributed by atoms with van der Waals surface area (Å²) in [6.07, 6.45) is 2.06. The Labute approximate surface area is 126 Å².